The van der Waals surface area contributed by atoms with Crippen molar-refractivity contribution in [3.8, 4) is 0 Å². The van der Waals surface area contributed by atoms with Gasteiger partial charge in [-0.1, -0.05) is 42.5 Å². The molecule has 5 heteroatoms. The second-order valence-corrected chi connectivity index (χ2v) is 7.64. The lowest BCUT2D eigenvalue weighted by atomic mass is 10.0. The lowest BCUT2D eigenvalue weighted by molar-refractivity contribution is 0.794. The van der Waals surface area contributed by atoms with Crippen molar-refractivity contribution in [2.24, 2.45) is 0 Å². The molecule has 3 aromatic rings. The highest BCUT2D eigenvalue weighted by molar-refractivity contribution is 5.61. The number of nitrogens with one attached hydrogen (secondary N) is 2. The van der Waals surface area contributed by atoms with Crippen molar-refractivity contribution < 1.29 is 0 Å². The molecule has 0 saturated carbocycles. The molecule has 0 atom stereocenters. The number of hydrogen-bond donors (Lipinski definition) is 2. The highest BCUT2D eigenvalue weighted by Crippen LogP contribution is 2.26. The average Bonchev–Trinajstić information content (AvgIpc) is 2.74. The summed E-state index contributed by atoms with van der Waals surface area (Å²) in [6.07, 6.45) is 7.16. The van der Waals surface area contributed by atoms with Crippen LogP contribution in [0.5, 0.6) is 0 Å². The van der Waals surface area contributed by atoms with Gasteiger partial charge in [-0.3, -0.25) is 14.8 Å². The quantitative estimate of drug-likeness (QED) is 0.476. The van der Waals surface area contributed by atoms with Crippen molar-refractivity contribution in [1.29, 1.82) is 0 Å². The van der Waals surface area contributed by atoms with Crippen LogP contribution in [0.1, 0.15) is 28.7 Å². The summed E-state index contributed by atoms with van der Waals surface area (Å²) < 4.78 is 0. The van der Waals surface area contributed by atoms with E-state index in [-0.39, 0.29) is 0 Å². The van der Waals surface area contributed by atoms with Crippen molar-refractivity contribution in [1.82, 2.24) is 9.97 Å². The normalized spacial score (nSPS) is 10.6. The van der Waals surface area contributed by atoms with Gasteiger partial charge in [0, 0.05) is 18.3 Å². The summed E-state index contributed by atoms with van der Waals surface area (Å²) in [5.74, 6) is 0.489. The smallest absolute Gasteiger partial charge is 0.327 e. The molecule has 1 heterocycles. The van der Waals surface area contributed by atoms with Gasteiger partial charge in [0.25, 0.3) is 5.56 Å². The van der Waals surface area contributed by atoms with E-state index in [1.165, 1.54) is 28.3 Å². The van der Waals surface area contributed by atoms with Crippen LogP contribution in [0.4, 0.5) is 11.5 Å². The molecule has 1 aromatic heterocycles. The maximum Gasteiger partial charge on any atom is 0.327 e. The summed E-state index contributed by atoms with van der Waals surface area (Å²) in [5.41, 5.74) is 4.86. The summed E-state index contributed by atoms with van der Waals surface area (Å²) in [5, 5.41) is 0. The van der Waals surface area contributed by atoms with Gasteiger partial charge >= 0.3 is 5.69 Å². The Labute approximate surface area is 182 Å². The SMILES string of the molecule is C=CCc1ccc(CCCN(c2ccc(C)c(CC=C)c2)c2cc(=O)[nH]c(=O)[nH]2)cc1. The minimum absolute atomic E-state index is 0.417. The molecular weight excluding hydrogens is 386 g/mol. The second kappa shape index (κ2) is 10.4. The molecule has 160 valence electrons. The summed E-state index contributed by atoms with van der Waals surface area (Å²) in [7, 11) is 0. The molecule has 0 bridgehead atoms. The van der Waals surface area contributed by atoms with E-state index in [9.17, 15) is 9.59 Å². The Morgan fingerprint density at radius 1 is 0.903 bits per heavy atom. The number of anilines is 2. The van der Waals surface area contributed by atoms with Gasteiger partial charge in [-0.05, 0) is 67.0 Å². The standard InChI is InChI=1S/C26H29N3O2/c1-4-7-20-11-13-21(14-12-20)9-6-16-29(24-18-25(30)28-26(31)27-24)23-15-10-19(3)22(17-23)8-5-2/h4-5,10-15,17-18H,1-2,6-9,16H2,3H3,(H2,27,28,30,31). The van der Waals surface area contributed by atoms with Crippen LogP contribution in [-0.4, -0.2) is 16.5 Å². The topological polar surface area (TPSA) is 69.0 Å². The van der Waals surface area contributed by atoms with E-state index in [1.807, 2.05) is 23.1 Å². The molecule has 0 fully saturated rings. The molecule has 0 aliphatic rings. The van der Waals surface area contributed by atoms with Gasteiger partial charge in [-0.25, -0.2) is 4.79 Å². The lowest BCUT2D eigenvalue weighted by Gasteiger charge is -2.25. The summed E-state index contributed by atoms with van der Waals surface area (Å²) in [4.78, 5) is 30.8. The molecule has 0 aliphatic heterocycles. The molecule has 2 aromatic carbocycles. The molecular formula is C26H29N3O2. The van der Waals surface area contributed by atoms with Crippen molar-refractivity contribution >= 4 is 11.5 Å². The van der Waals surface area contributed by atoms with Gasteiger partial charge in [0.05, 0.1) is 0 Å². The zero-order valence-corrected chi connectivity index (χ0v) is 18.0. The van der Waals surface area contributed by atoms with Crippen molar-refractivity contribution in [2.45, 2.75) is 32.6 Å². The number of aryl methyl sites for hydroxylation is 2. The number of allylic oxidation sites excluding steroid dienone is 2. The van der Waals surface area contributed by atoms with E-state index in [0.717, 1.165) is 31.4 Å². The zero-order chi connectivity index (χ0) is 22.2. The summed E-state index contributed by atoms with van der Waals surface area (Å²) >= 11 is 0. The largest absolute Gasteiger partial charge is 0.328 e. The second-order valence-electron chi connectivity index (χ2n) is 7.64. The Morgan fingerprint density at radius 2 is 1.61 bits per heavy atom. The molecule has 0 saturated heterocycles. The van der Waals surface area contributed by atoms with Gasteiger partial charge in [-0.15, -0.1) is 13.2 Å². The van der Waals surface area contributed by atoms with Crippen LogP contribution in [0.25, 0.3) is 0 Å². The third kappa shape index (κ3) is 5.95. The molecule has 0 aliphatic carbocycles. The summed E-state index contributed by atoms with van der Waals surface area (Å²) in [6.45, 7) is 10.3. The van der Waals surface area contributed by atoms with E-state index in [0.29, 0.717) is 12.4 Å². The van der Waals surface area contributed by atoms with Crippen LogP contribution in [0.2, 0.25) is 0 Å². The zero-order valence-electron chi connectivity index (χ0n) is 18.0. The van der Waals surface area contributed by atoms with Crippen molar-refractivity contribution in [3.05, 3.63) is 117 Å². The number of H-pyrrole nitrogens is 2. The van der Waals surface area contributed by atoms with Crippen molar-refractivity contribution in [3.63, 3.8) is 0 Å². The number of rotatable bonds is 10. The third-order valence-corrected chi connectivity index (χ3v) is 5.30. The fraction of sp³-hybridized carbons (Fsp3) is 0.231. The van der Waals surface area contributed by atoms with Gasteiger partial charge in [0.1, 0.15) is 5.82 Å². The number of aromatic nitrogens is 2. The average molecular weight is 416 g/mol. The Kier molecular flexibility index (Phi) is 7.44. The van der Waals surface area contributed by atoms with Crippen LogP contribution in [0, 0.1) is 6.92 Å². The molecule has 0 unspecified atom stereocenters. The molecule has 2 N–H and O–H groups in total. The monoisotopic (exact) mass is 415 g/mol. The van der Waals surface area contributed by atoms with Crippen LogP contribution < -0.4 is 16.1 Å². The van der Waals surface area contributed by atoms with Crippen LogP contribution >= 0.6 is 0 Å². The molecule has 0 radical (unpaired) electrons. The fourth-order valence-corrected chi connectivity index (χ4v) is 3.64. The lowest BCUT2D eigenvalue weighted by Crippen LogP contribution is -2.28. The Hall–Kier alpha value is -3.60. The minimum atomic E-state index is -0.510. The van der Waals surface area contributed by atoms with E-state index >= 15 is 0 Å². The first-order valence-electron chi connectivity index (χ1n) is 10.5. The number of hydrogen-bond acceptors (Lipinski definition) is 3. The van der Waals surface area contributed by atoms with Gasteiger partial charge in [0.2, 0.25) is 0 Å². The third-order valence-electron chi connectivity index (χ3n) is 5.30. The predicted molar refractivity (Wildman–Crippen MR) is 128 cm³/mol. The van der Waals surface area contributed by atoms with E-state index in [2.05, 4.69) is 66.4 Å². The molecule has 0 spiro atoms. The van der Waals surface area contributed by atoms with Gasteiger partial charge < -0.3 is 4.90 Å². The van der Waals surface area contributed by atoms with Gasteiger partial charge in [-0.2, -0.15) is 0 Å². The first kappa shape index (κ1) is 22.1. The molecule has 5 nitrogen and oxygen atoms in total. The van der Waals surface area contributed by atoms with E-state index in [4.69, 9.17) is 0 Å². The first-order chi connectivity index (χ1) is 15.0. The van der Waals surface area contributed by atoms with E-state index in [1.54, 1.807) is 0 Å². The van der Waals surface area contributed by atoms with Crippen LogP contribution in [0.3, 0.4) is 0 Å². The number of nitrogens with zero attached hydrogens (tertiary/aromatic N) is 1. The maximum absolute atomic E-state index is 11.9. The predicted octanol–water partition coefficient (Wildman–Crippen LogP) is 4.60. The number of benzene rings is 2. The highest BCUT2D eigenvalue weighted by atomic mass is 16.2. The molecule has 3 rings (SSSR count). The minimum Gasteiger partial charge on any atom is -0.328 e. The summed E-state index contributed by atoms with van der Waals surface area (Å²) in [6, 6.07) is 16.2. The Bertz CT molecular complexity index is 1130. The van der Waals surface area contributed by atoms with E-state index < -0.39 is 11.2 Å². The molecule has 0 amide bonds. The van der Waals surface area contributed by atoms with Gasteiger partial charge in [0.15, 0.2) is 0 Å². The Balaban J connectivity index is 1.85. The first-order valence-corrected chi connectivity index (χ1v) is 10.5. The molecule has 31 heavy (non-hydrogen) atoms. The fourth-order valence-electron chi connectivity index (χ4n) is 3.64. The van der Waals surface area contributed by atoms with Crippen LogP contribution in [-0.2, 0) is 19.3 Å². The number of aromatic amines is 2. The van der Waals surface area contributed by atoms with Crippen LogP contribution in [0.15, 0.2) is 83.4 Å². The maximum atomic E-state index is 11.9. The highest BCUT2D eigenvalue weighted by Gasteiger charge is 2.13. The Morgan fingerprint density at radius 3 is 2.29 bits per heavy atom. The van der Waals surface area contributed by atoms with Crippen molar-refractivity contribution in [2.75, 3.05) is 11.4 Å².